The lowest BCUT2D eigenvalue weighted by Gasteiger charge is -2.16. The van der Waals surface area contributed by atoms with Crippen LogP contribution in [0.3, 0.4) is 0 Å². The maximum atomic E-state index is 6.39. The molecule has 3 heterocycles. The minimum Gasteiger partial charge on any atom is -0.466 e. The van der Waals surface area contributed by atoms with Crippen molar-refractivity contribution in [1.82, 2.24) is 9.13 Å². The van der Waals surface area contributed by atoms with Gasteiger partial charge in [-0.3, -0.25) is 0 Å². The van der Waals surface area contributed by atoms with Crippen molar-refractivity contribution in [2.75, 3.05) is 0 Å². The first-order valence-corrected chi connectivity index (χ1v) is 15.5. The van der Waals surface area contributed by atoms with E-state index in [1.807, 2.05) is 12.1 Å². The maximum absolute atomic E-state index is 6.39. The van der Waals surface area contributed by atoms with Crippen molar-refractivity contribution in [3.63, 3.8) is 0 Å². The van der Waals surface area contributed by atoms with Crippen LogP contribution in [0, 0.1) is 0 Å². The third-order valence-electron chi connectivity index (χ3n) is 9.31. The van der Waals surface area contributed by atoms with Gasteiger partial charge in [-0.25, -0.2) is 0 Å². The van der Waals surface area contributed by atoms with E-state index in [9.17, 15) is 0 Å². The third-order valence-corrected chi connectivity index (χ3v) is 9.31. The number of hydrogen-bond donors (Lipinski definition) is 0. The Hall–Kier alpha value is -5.94. The summed E-state index contributed by atoms with van der Waals surface area (Å²) >= 11 is 0. The second-order valence-electron chi connectivity index (χ2n) is 11.9. The molecule has 1 atom stereocenters. The molecule has 5 nitrogen and oxygen atoms in total. The molecule has 9 rings (SSSR count). The lowest BCUT2D eigenvalue weighted by atomic mass is 9.90. The zero-order chi connectivity index (χ0) is 30.9. The molecule has 0 spiro atoms. The van der Waals surface area contributed by atoms with Gasteiger partial charge in [-0.15, -0.1) is 0 Å². The lowest BCUT2D eigenvalue weighted by molar-refractivity contribution is 0.484. The smallest absolute Gasteiger partial charge is 0.135 e. The highest BCUT2D eigenvalue weighted by atomic mass is 16.5. The van der Waals surface area contributed by atoms with E-state index in [0.29, 0.717) is 5.92 Å². The van der Waals surface area contributed by atoms with Gasteiger partial charge in [-0.1, -0.05) is 44.4 Å². The van der Waals surface area contributed by atoms with Gasteiger partial charge in [0.05, 0.1) is 29.1 Å². The fraction of sp³-hybridized carbons (Fsp3) is 0.0732. The highest BCUT2D eigenvalue weighted by molar-refractivity contribution is 6.11. The van der Waals surface area contributed by atoms with Crippen LogP contribution in [0.5, 0.6) is 11.5 Å². The molecule has 222 valence electrons. The summed E-state index contributed by atoms with van der Waals surface area (Å²) in [7, 11) is 0. The van der Waals surface area contributed by atoms with E-state index in [4.69, 9.17) is 13.9 Å². The monoisotopic (exact) mass is 598 g/mol. The van der Waals surface area contributed by atoms with Crippen LogP contribution in [0.15, 0.2) is 133 Å². The predicted octanol–water partition coefficient (Wildman–Crippen LogP) is 11.2. The van der Waals surface area contributed by atoms with E-state index in [1.165, 1.54) is 34.6 Å². The normalized spacial score (nSPS) is 14.4. The number of para-hydroxylation sites is 1. The average molecular weight is 599 g/mol. The number of furan rings is 1. The Balaban J connectivity index is 1.26. The molecule has 5 heteroatoms. The Labute approximate surface area is 265 Å². The molecule has 1 aliphatic rings. The molecule has 3 aromatic heterocycles. The van der Waals surface area contributed by atoms with Crippen molar-refractivity contribution in [2.24, 2.45) is 0 Å². The van der Waals surface area contributed by atoms with E-state index in [0.717, 1.165) is 73.2 Å². The van der Waals surface area contributed by atoms with Crippen molar-refractivity contribution < 1.29 is 13.9 Å². The van der Waals surface area contributed by atoms with E-state index in [1.54, 1.807) is 0 Å². The quantitative estimate of drug-likeness (QED) is 0.179. The summed E-state index contributed by atoms with van der Waals surface area (Å²) < 4.78 is 22.4. The molecule has 1 aliphatic carbocycles. The Kier molecular flexibility index (Phi) is 5.78. The summed E-state index contributed by atoms with van der Waals surface area (Å²) in [6.07, 6.45) is 8.49. The fourth-order valence-electron chi connectivity index (χ4n) is 7.38. The molecule has 1 unspecified atom stereocenters. The maximum Gasteiger partial charge on any atom is 0.135 e. The van der Waals surface area contributed by atoms with Gasteiger partial charge in [0.15, 0.2) is 0 Å². The van der Waals surface area contributed by atoms with Gasteiger partial charge in [0, 0.05) is 44.0 Å². The fourth-order valence-corrected chi connectivity index (χ4v) is 7.38. The Morgan fingerprint density at radius 3 is 1.96 bits per heavy atom. The summed E-state index contributed by atoms with van der Waals surface area (Å²) in [6, 6.07) is 33.9. The van der Waals surface area contributed by atoms with Gasteiger partial charge < -0.3 is 23.0 Å². The number of benzene rings is 5. The molecule has 0 saturated carbocycles. The zero-order valence-electron chi connectivity index (χ0n) is 25.4. The minimum atomic E-state index is 0.398. The van der Waals surface area contributed by atoms with Crippen LogP contribution in [-0.4, -0.2) is 9.13 Å². The summed E-state index contributed by atoms with van der Waals surface area (Å²) in [5.74, 6) is 1.96. The van der Waals surface area contributed by atoms with Crippen LogP contribution in [0.4, 0.5) is 0 Å². The van der Waals surface area contributed by atoms with E-state index in [-0.39, 0.29) is 0 Å². The third kappa shape index (κ3) is 3.81. The molecule has 0 N–H and O–H groups in total. The van der Waals surface area contributed by atoms with Gasteiger partial charge in [0.25, 0.3) is 0 Å². The standard InChI is InChI=1S/C41H30N2O3/c1-4-44-28-15-17-36-31(23-28)30-10-6-7-11-35(30)42(36)26-13-19-39-32(21-26)33-22-27(14-20-40(33)46-39)43-37-18-16-29(45-5-2)24-34(37)41-25(3)9-8-12-38(41)43/h4-8,10-25H,1-2,9H2,3H3. The van der Waals surface area contributed by atoms with Crippen LogP contribution >= 0.6 is 0 Å². The number of ether oxygens (including phenoxy) is 2. The SMILES string of the molecule is C=COc1ccc2c(c1)c1c(n2-c2ccc3oc4ccc(-n5c6ccccc6c6cc(OC=C)ccc65)cc4c3c2)C=CCC1C. The topological polar surface area (TPSA) is 41.5 Å². The van der Waals surface area contributed by atoms with Crippen LogP contribution in [0.2, 0.25) is 0 Å². The van der Waals surface area contributed by atoms with Crippen molar-refractivity contribution >= 4 is 60.7 Å². The molecule has 0 radical (unpaired) electrons. The second kappa shape index (κ2) is 10.0. The average Bonchev–Trinajstić information content (AvgIpc) is 3.72. The molecule has 0 bridgehead atoms. The minimum absolute atomic E-state index is 0.398. The lowest BCUT2D eigenvalue weighted by Crippen LogP contribution is -2.02. The highest BCUT2D eigenvalue weighted by Gasteiger charge is 2.24. The molecule has 0 amide bonds. The second-order valence-corrected chi connectivity index (χ2v) is 11.9. The van der Waals surface area contributed by atoms with E-state index >= 15 is 0 Å². The molecular formula is C41H30N2O3. The van der Waals surface area contributed by atoms with E-state index in [2.05, 4.69) is 126 Å². The molecular weight excluding hydrogens is 568 g/mol. The number of rotatable bonds is 6. The van der Waals surface area contributed by atoms with Crippen molar-refractivity contribution in [3.8, 4) is 22.9 Å². The first kappa shape index (κ1) is 26.5. The van der Waals surface area contributed by atoms with E-state index < -0.39 is 0 Å². The van der Waals surface area contributed by atoms with Gasteiger partial charge in [-0.05, 0) is 103 Å². The summed E-state index contributed by atoms with van der Waals surface area (Å²) in [5.41, 5.74) is 9.83. The van der Waals surface area contributed by atoms with Crippen molar-refractivity contribution in [1.29, 1.82) is 0 Å². The summed E-state index contributed by atoms with van der Waals surface area (Å²) in [5, 5.41) is 5.65. The summed E-state index contributed by atoms with van der Waals surface area (Å²) in [4.78, 5) is 0. The first-order chi connectivity index (χ1) is 22.6. The van der Waals surface area contributed by atoms with Crippen LogP contribution in [-0.2, 0) is 0 Å². The van der Waals surface area contributed by atoms with Crippen LogP contribution in [0.25, 0.3) is 72.1 Å². The van der Waals surface area contributed by atoms with Crippen LogP contribution in [0.1, 0.15) is 30.5 Å². The largest absolute Gasteiger partial charge is 0.466 e. The molecule has 8 aromatic rings. The van der Waals surface area contributed by atoms with Crippen molar-refractivity contribution in [3.05, 3.63) is 140 Å². The van der Waals surface area contributed by atoms with Gasteiger partial charge in [0.2, 0.25) is 0 Å². The van der Waals surface area contributed by atoms with Gasteiger partial charge in [-0.2, -0.15) is 0 Å². The molecule has 46 heavy (non-hydrogen) atoms. The zero-order valence-corrected chi connectivity index (χ0v) is 25.4. The molecule has 0 aliphatic heterocycles. The van der Waals surface area contributed by atoms with Gasteiger partial charge in [0.1, 0.15) is 22.7 Å². The van der Waals surface area contributed by atoms with Crippen molar-refractivity contribution in [2.45, 2.75) is 19.3 Å². The molecule has 5 aromatic carbocycles. The first-order valence-electron chi connectivity index (χ1n) is 15.5. The Bertz CT molecular complexity index is 2570. The van der Waals surface area contributed by atoms with Crippen LogP contribution < -0.4 is 9.47 Å². The Morgan fingerprint density at radius 2 is 1.26 bits per heavy atom. The Morgan fingerprint density at radius 1 is 0.652 bits per heavy atom. The number of hydrogen-bond acceptors (Lipinski definition) is 3. The molecule has 0 saturated heterocycles. The number of aromatic nitrogens is 2. The molecule has 0 fully saturated rings. The number of fused-ring (bicyclic) bond motifs is 9. The number of allylic oxidation sites excluding steroid dienone is 1. The summed E-state index contributed by atoms with van der Waals surface area (Å²) in [6.45, 7) is 9.76. The van der Waals surface area contributed by atoms with Gasteiger partial charge >= 0.3 is 0 Å². The highest BCUT2D eigenvalue weighted by Crippen LogP contribution is 2.42. The number of nitrogens with zero attached hydrogens (tertiary/aromatic N) is 2. The predicted molar refractivity (Wildman–Crippen MR) is 189 cm³/mol.